The maximum Gasteiger partial charge on any atom is 0.310 e. The molecule has 2 atom stereocenters. The zero-order valence-corrected chi connectivity index (χ0v) is 43.7. The number of benzene rings is 4. The molecule has 69 heavy (non-hydrogen) atoms. The molecule has 0 spiro atoms. The van der Waals surface area contributed by atoms with Crippen molar-refractivity contribution in [3.05, 3.63) is 164 Å². The summed E-state index contributed by atoms with van der Waals surface area (Å²) >= 11 is 12.2. The fraction of sp³-hybridized carbons (Fsp3) is 0.373. The highest BCUT2D eigenvalue weighted by Crippen LogP contribution is 2.28. The van der Waals surface area contributed by atoms with Crippen molar-refractivity contribution in [1.29, 1.82) is 0 Å². The van der Waals surface area contributed by atoms with Crippen LogP contribution in [-0.2, 0) is 64.6 Å². The molecule has 2 unspecified atom stereocenters. The van der Waals surface area contributed by atoms with Crippen LogP contribution in [0.25, 0.3) is 11.4 Å². The first kappa shape index (κ1) is 56.3. The van der Waals surface area contributed by atoms with Crippen LogP contribution in [0, 0.1) is 11.6 Å². The van der Waals surface area contributed by atoms with Crippen molar-refractivity contribution in [2.24, 2.45) is 5.73 Å². The van der Waals surface area contributed by atoms with Gasteiger partial charge in [-0.2, -0.15) is 10.2 Å². The smallest absolute Gasteiger partial charge is 0.310 e. The van der Waals surface area contributed by atoms with Gasteiger partial charge in [0.25, 0.3) is 0 Å². The summed E-state index contributed by atoms with van der Waals surface area (Å²) in [6, 6.07) is 27.2. The Balaban J connectivity index is 0.000000249. The van der Waals surface area contributed by atoms with Crippen molar-refractivity contribution in [3.63, 3.8) is 0 Å². The van der Waals surface area contributed by atoms with Crippen LogP contribution < -0.4 is 5.73 Å². The van der Waals surface area contributed by atoms with Crippen molar-refractivity contribution in [1.82, 2.24) is 19.6 Å². The predicted octanol–water partition coefficient (Wildman–Crippen LogP) is 10.7. The van der Waals surface area contributed by atoms with Crippen molar-refractivity contribution in [2.75, 3.05) is 12.5 Å². The predicted molar refractivity (Wildman–Crippen MR) is 270 cm³/mol. The van der Waals surface area contributed by atoms with Crippen LogP contribution in [0.4, 0.5) is 8.78 Å². The number of aryl methyl sites for hydroxylation is 1. The minimum absolute atomic E-state index is 0.00768. The first-order valence-electron chi connectivity index (χ1n) is 21.9. The summed E-state index contributed by atoms with van der Waals surface area (Å²) in [5.74, 6) is -4.50. The third-order valence-corrected chi connectivity index (χ3v) is 13.0. The molecule has 0 amide bonds. The maximum absolute atomic E-state index is 14.4. The van der Waals surface area contributed by atoms with Crippen molar-refractivity contribution >= 4 is 54.6 Å². The molecule has 0 saturated heterocycles. The molecule has 0 saturated carbocycles. The molecule has 0 radical (unpaired) electrons. The molecule has 0 aliphatic carbocycles. The van der Waals surface area contributed by atoms with Gasteiger partial charge in [-0.3, -0.25) is 9.59 Å². The van der Waals surface area contributed by atoms with E-state index in [-0.39, 0.29) is 45.7 Å². The highest BCUT2D eigenvalue weighted by atomic mass is 35.5. The van der Waals surface area contributed by atoms with E-state index in [2.05, 4.69) is 52.7 Å². The van der Waals surface area contributed by atoms with E-state index in [9.17, 15) is 35.2 Å². The third-order valence-electron chi connectivity index (χ3n) is 10.9. The van der Waals surface area contributed by atoms with Gasteiger partial charge in [0, 0.05) is 69.1 Å². The van der Waals surface area contributed by atoms with Crippen LogP contribution >= 0.6 is 23.2 Å². The van der Waals surface area contributed by atoms with Crippen molar-refractivity contribution in [2.45, 2.75) is 109 Å². The Morgan fingerprint density at radius 2 is 1.06 bits per heavy atom. The van der Waals surface area contributed by atoms with Gasteiger partial charge in [-0.25, -0.2) is 35.0 Å². The number of nitrogens with two attached hydrogens (primary N) is 1. The van der Waals surface area contributed by atoms with E-state index >= 15 is 0 Å². The normalized spacial score (nSPS) is 12.9. The molecule has 3 N–H and O–H groups in total. The summed E-state index contributed by atoms with van der Waals surface area (Å²) < 4.78 is 76.7. The lowest BCUT2D eigenvalue weighted by Crippen LogP contribution is -2.13. The van der Waals surface area contributed by atoms with Crippen molar-refractivity contribution in [3.8, 4) is 11.4 Å². The van der Waals surface area contributed by atoms with Gasteiger partial charge in [-0.1, -0.05) is 108 Å². The molecule has 2 heterocycles. The number of hydrogen-bond donors (Lipinski definition) is 2. The Morgan fingerprint density at radius 1 is 0.652 bits per heavy atom. The number of halogens is 4. The van der Waals surface area contributed by atoms with Crippen LogP contribution in [-0.4, -0.2) is 65.8 Å². The molecule has 0 aliphatic rings. The van der Waals surface area contributed by atoms with Gasteiger partial charge in [0.05, 0.1) is 45.9 Å². The second kappa shape index (κ2) is 23.1. The molecular weight excluding hydrogens is 968 g/mol. The summed E-state index contributed by atoms with van der Waals surface area (Å²) in [7, 11) is -6.66. The van der Waals surface area contributed by atoms with Gasteiger partial charge in [-0.15, -0.1) is 0 Å². The number of carbonyl (C=O) groups is 2. The number of hydrogen-bond acceptors (Lipinski definition) is 9. The zero-order chi connectivity index (χ0) is 51.8. The van der Waals surface area contributed by atoms with E-state index in [0.717, 1.165) is 52.7 Å². The number of ketones is 1. The Kier molecular flexibility index (Phi) is 18.9. The van der Waals surface area contributed by atoms with E-state index in [1.807, 2.05) is 57.9 Å². The Hall–Kier alpha value is -5.26. The third kappa shape index (κ3) is 16.7. The molecule has 0 fully saturated rings. The molecule has 4 aromatic carbocycles. The van der Waals surface area contributed by atoms with Crippen LogP contribution in [0.3, 0.4) is 0 Å². The number of aromatic nitrogens is 4. The number of carboxylic acid groups (broad SMARTS) is 1. The van der Waals surface area contributed by atoms with E-state index < -0.39 is 49.1 Å². The fourth-order valence-electron chi connectivity index (χ4n) is 6.82. The number of Topliss-reactive ketones (excluding diaryl/α,β-unsaturated/α-hetero) is 1. The molecular formula is C51H61Cl2F2N5O7S2. The Bertz CT molecular complexity index is 3010. The number of aliphatic carboxylic acids is 1. The number of carboxylic acids is 1. The lowest BCUT2D eigenvalue weighted by atomic mass is 9.91. The van der Waals surface area contributed by atoms with Gasteiger partial charge in [0.1, 0.15) is 17.4 Å². The second-order valence-corrected chi connectivity index (χ2v) is 24.3. The monoisotopic (exact) mass is 1030 g/mol. The van der Waals surface area contributed by atoms with E-state index in [1.54, 1.807) is 19.1 Å². The van der Waals surface area contributed by atoms with Crippen LogP contribution in [0.5, 0.6) is 0 Å². The first-order valence-corrected chi connectivity index (χ1v) is 26.8. The van der Waals surface area contributed by atoms with Gasteiger partial charge in [-0.05, 0) is 85.1 Å². The minimum atomic E-state index is -3.35. The second-order valence-electron chi connectivity index (χ2n) is 19.1. The lowest BCUT2D eigenvalue weighted by molar-refractivity contribution is -0.138. The average molecular weight is 1030 g/mol. The molecule has 6 rings (SSSR count). The fourth-order valence-corrected chi connectivity index (χ4v) is 8.79. The minimum Gasteiger partial charge on any atom is -0.481 e. The standard InChI is InChI=1S/C26H30ClFN2O3S.C14H18ClN3.C11H13FO4S/c1-17(18-9-10-19(23(28)13-18)16-34(5,32)33)24(31)12-11-22-15-25(26(2,3)4)29-30(22)21-8-6-7-20(27)14-21;1-14(2,3)13-8-12(9-16)18(17-13)11-6-4-5-10(15)7-11;1-7(11(13)14)8-3-4-9(10(12)5-8)6-17(2,15)16/h6-10,13-15,17H,11-12,16H2,1-5H3;4-8H,9,16H2,1-3H3;3-5,7H,6H2,1-2H3,(H,13,14). The van der Waals surface area contributed by atoms with Gasteiger partial charge >= 0.3 is 5.97 Å². The maximum atomic E-state index is 14.4. The summed E-state index contributed by atoms with van der Waals surface area (Å²) in [5.41, 5.74) is 12.2. The van der Waals surface area contributed by atoms with Gasteiger partial charge in [0.2, 0.25) is 0 Å². The number of carbonyl (C=O) groups excluding carboxylic acids is 1. The Morgan fingerprint density at radius 3 is 1.42 bits per heavy atom. The zero-order valence-electron chi connectivity index (χ0n) is 40.5. The molecule has 0 bridgehead atoms. The Labute approximate surface area is 414 Å². The number of nitrogens with zero attached hydrogens (tertiary/aromatic N) is 4. The topological polar surface area (TPSA) is 184 Å². The number of rotatable bonds is 14. The van der Waals surface area contributed by atoms with Crippen LogP contribution in [0.2, 0.25) is 10.0 Å². The molecule has 12 nitrogen and oxygen atoms in total. The van der Waals surface area contributed by atoms with E-state index in [4.69, 9.17) is 39.1 Å². The van der Waals surface area contributed by atoms with Crippen LogP contribution in [0.15, 0.2) is 97.1 Å². The highest BCUT2D eigenvalue weighted by Gasteiger charge is 2.24. The van der Waals surface area contributed by atoms with Gasteiger partial charge < -0.3 is 10.8 Å². The van der Waals surface area contributed by atoms with Crippen LogP contribution in [0.1, 0.15) is 119 Å². The number of sulfone groups is 2. The summed E-state index contributed by atoms with van der Waals surface area (Å²) in [5, 5.41) is 19.5. The molecule has 0 aliphatic heterocycles. The average Bonchev–Trinajstić information content (AvgIpc) is 3.89. The van der Waals surface area contributed by atoms with Crippen molar-refractivity contribution < 1.29 is 40.3 Å². The molecule has 2 aromatic heterocycles. The summed E-state index contributed by atoms with van der Waals surface area (Å²) in [6.45, 7) is 16.3. The van der Waals surface area contributed by atoms with Gasteiger partial charge in [0.15, 0.2) is 19.7 Å². The SMILES string of the molecule is CC(C(=O)CCc1cc(C(C)(C)C)nn1-c1cccc(Cl)c1)c1ccc(CS(C)(=O)=O)c(F)c1.CC(C(=O)O)c1ccc(CS(C)(=O)=O)c(F)c1.CC(C)(C)c1cc(CN)n(-c2cccc(Cl)c2)n1. The molecule has 6 aromatic rings. The van der Waals surface area contributed by atoms with E-state index in [1.165, 1.54) is 31.2 Å². The highest BCUT2D eigenvalue weighted by molar-refractivity contribution is 7.90. The summed E-state index contributed by atoms with van der Waals surface area (Å²) in [4.78, 5) is 23.7. The summed E-state index contributed by atoms with van der Waals surface area (Å²) in [6.07, 6.45) is 2.79. The first-order chi connectivity index (χ1) is 31.9. The van der Waals surface area contributed by atoms with E-state index in [0.29, 0.717) is 34.1 Å². The largest absolute Gasteiger partial charge is 0.481 e. The lowest BCUT2D eigenvalue weighted by Gasteiger charge is -2.14. The quantitative estimate of drug-likeness (QED) is 0.106. The molecule has 372 valence electrons. The molecule has 18 heteroatoms.